The molecule has 140 valence electrons. The first-order chi connectivity index (χ1) is 12.8. The van der Waals surface area contributed by atoms with Crippen molar-refractivity contribution in [2.75, 3.05) is 11.4 Å². The summed E-state index contributed by atoms with van der Waals surface area (Å²) in [6.45, 7) is -0.0148. The zero-order valence-electron chi connectivity index (χ0n) is 14.0. The van der Waals surface area contributed by atoms with Crippen LogP contribution in [0.4, 0.5) is 24.5 Å². The van der Waals surface area contributed by atoms with Crippen molar-refractivity contribution < 1.29 is 22.7 Å². The van der Waals surface area contributed by atoms with Crippen LogP contribution in [0.5, 0.6) is 5.88 Å². The van der Waals surface area contributed by atoms with Gasteiger partial charge in [0, 0.05) is 24.5 Å². The SMILES string of the molecule is NC(=O)c1ccccc1N1CCC(C(F)(F)F)Oc2nc3[nH]ccc3cc21. The number of para-hydroxylation sites is 1. The fourth-order valence-electron chi connectivity index (χ4n) is 3.19. The highest BCUT2D eigenvalue weighted by Gasteiger charge is 2.44. The lowest BCUT2D eigenvalue weighted by atomic mass is 10.1. The van der Waals surface area contributed by atoms with E-state index in [9.17, 15) is 18.0 Å². The number of carbonyl (C=O) groups is 1. The zero-order valence-corrected chi connectivity index (χ0v) is 14.0. The molecular weight excluding hydrogens is 361 g/mol. The van der Waals surface area contributed by atoms with Gasteiger partial charge in [-0.2, -0.15) is 18.2 Å². The molecule has 9 heteroatoms. The van der Waals surface area contributed by atoms with Gasteiger partial charge in [-0.25, -0.2) is 0 Å². The molecular formula is C18H15F3N4O2. The third-order valence-corrected chi connectivity index (χ3v) is 4.47. The van der Waals surface area contributed by atoms with E-state index in [1.54, 1.807) is 41.4 Å². The number of hydrogen-bond acceptors (Lipinski definition) is 4. The number of nitrogens with two attached hydrogens (primary N) is 1. The molecule has 0 saturated carbocycles. The molecule has 27 heavy (non-hydrogen) atoms. The third-order valence-electron chi connectivity index (χ3n) is 4.47. The van der Waals surface area contributed by atoms with E-state index in [0.29, 0.717) is 22.4 Å². The second kappa shape index (κ2) is 6.19. The first-order valence-corrected chi connectivity index (χ1v) is 8.22. The number of halogens is 3. The normalized spacial score (nSPS) is 17.3. The number of alkyl halides is 3. The molecule has 2 aromatic heterocycles. The van der Waals surface area contributed by atoms with Crippen molar-refractivity contribution in [3.05, 3.63) is 48.2 Å². The summed E-state index contributed by atoms with van der Waals surface area (Å²) in [4.78, 5) is 20.5. The van der Waals surface area contributed by atoms with Gasteiger partial charge in [0.15, 0.2) is 6.10 Å². The molecule has 3 N–H and O–H groups in total. The Bertz CT molecular complexity index is 1020. The molecule has 0 radical (unpaired) electrons. The fourth-order valence-corrected chi connectivity index (χ4v) is 3.19. The molecule has 0 bridgehead atoms. The number of hydrogen-bond donors (Lipinski definition) is 2. The summed E-state index contributed by atoms with van der Waals surface area (Å²) in [6, 6.07) is 9.95. The van der Waals surface area contributed by atoms with Crippen molar-refractivity contribution in [3.8, 4) is 5.88 Å². The lowest BCUT2D eigenvalue weighted by Crippen LogP contribution is -2.35. The van der Waals surface area contributed by atoms with Crippen LogP contribution in [0.2, 0.25) is 0 Å². The Morgan fingerprint density at radius 3 is 2.78 bits per heavy atom. The Balaban J connectivity index is 1.90. The molecule has 1 amide bonds. The molecule has 3 aromatic rings. The number of fused-ring (bicyclic) bond motifs is 2. The van der Waals surface area contributed by atoms with Gasteiger partial charge in [0.25, 0.3) is 5.91 Å². The molecule has 3 heterocycles. The molecule has 6 nitrogen and oxygen atoms in total. The van der Waals surface area contributed by atoms with Gasteiger partial charge in [0.05, 0.1) is 11.3 Å². The maximum absolute atomic E-state index is 13.4. The number of benzene rings is 1. The van der Waals surface area contributed by atoms with Gasteiger partial charge in [0.2, 0.25) is 5.88 Å². The van der Waals surface area contributed by atoms with Crippen LogP contribution < -0.4 is 15.4 Å². The summed E-state index contributed by atoms with van der Waals surface area (Å²) in [5, 5.41) is 0.712. The summed E-state index contributed by atoms with van der Waals surface area (Å²) < 4.78 is 45.3. The Kier molecular flexibility index (Phi) is 3.94. The van der Waals surface area contributed by atoms with E-state index < -0.39 is 18.2 Å². The van der Waals surface area contributed by atoms with Crippen molar-refractivity contribution in [3.63, 3.8) is 0 Å². The minimum absolute atomic E-state index is 0.0148. The van der Waals surface area contributed by atoms with Crippen LogP contribution in [0.3, 0.4) is 0 Å². The van der Waals surface area contributed by atoms with E-state index in [1.165, 1.54) is 6.07 Å². The van der Waals surface area contributed by atoms with E-state index in [4.69, 9.17) is 10.5 Å². The molecule has 1 aromatic carbocycles. The van der Waals surface area contributed by atoms with Crippen LogP contribution >= 0.6 is 0 Å². The largest absolute Gasteiger partial charge is 0.463 e. The summed E-state index contributed by atoms with van der Waals surface area (Å²) in [7, 11) is 0. The fraction of sp³-hybridized carbons (Fsp3) is 0.222. The highest BCUT2D eigenvalue weighted by Crippen LogP contribution is 2.41. The van der Waals surface area contributed by atoms with E-state index in [2.05, 4.69) is 9.97 Å². The number of aromatic amines is 1. The lowest BCUT2D eigenvalue weighted by Gasteiger charge is -2.25. The number of carbonyl (C=O) groups excluding carboxylic acids is 1. The van der Waals surface area contributed by atoms with Crippen molar-refractivity contribution >= 4 is 28.3 Å². The Morgan fingerprint density at radius 2 is 2.04 bits per heavy atom. The number of amides is 1. The molecule has 0 fully saturated rings. The standard InChI is InChI=1S/C18H15F3N4O2/c19-18(20,21)14-6-8-25(12-4-2-1-3-11(12)15(22)26)13-9-10-5-7-23-16(10)24-17(13)27-14/h1-5,7,9,14H,6,8H2,(H2,22,26)(H,23,24). The summed E-state index contributed by atoms with van der Waals surface area (Å²) in [6.07, 6.45) is -5.22. The van der Waals surface area contributed by atoms with Crippen LogP contribution in [0, 0.1) is 0 Å². The van der Waals surface area contributed by atoms with Crippen molar-refractivity contribution in [1.82, 2.24) is 9.97 Å². The monoisotopic (exact) mass is 376 g/mol. The molecule has 1 atom stereocenters. The summed E-state index contributed by atoms with van der Waals surface area (Å²) in [5.74, 6) is -0.815. The number of H-pyrrole nitrogens is 1. The number of ether oxygens (including phenoxy) is 1. The van der Waals surface area contributed by atoms with Gasteiger partial charge in [0.1, 0.15) is 11.3 Å². The number of nitrogens with zero attached hydrogens (tertiary/aromatic N) is 2. The second-order valence-electron chi connectivity index (χ2n) is 6.20. The van der Waals surface area contributed by atoms with Gasteiger partial charge in [-0.15, -0.1) is 0 Å². The number of aromatic nitrogens is 2. The molecule has 0 aliphatic carbocycles. The van der Waals surface area contributed by atoms with Gasteiger partial charge in [-0.05, 0) is 24.3 Å². The van der Waals surface area contributed by atoms with Crippen molar-refractivity contribution in [2.24, 2.45) is 5.73 Å². The smallest absolute Gasteiger partial charge is 0.425 e. The molecule has 0 spiro atoms. The van der Waals surface area contributed by atoms with Crippen molar-refractivity contribution in [1.29, 1.82) is 0 Å². The summed E-state index contributed by atoms with van der Waals surface area (Å²) in [5.41, 5.74) is 6.84. The Hall–Kier alpha value is -3.23. The average Bonchev–Trinajstić information content (AvgIpc) is 2.98. The molecule has 1 aliphatic rings. The number of nitrogens with one attached hydrogen (secondary N) is 1. The van der Waals surface area contributed by atoms with E-state index in [-0.39, 0.29) is 24.4 Å². The highest BCUT2D eigenvalue weighted by molar-refractivity contribution is 6.00. The first-order valence-electron chi connectivity index (χ1n) is 8.22. The number of rotatable bonds is 2. The van der Waals surface area contributed by atoms with Crippen LogP contribution in [-0.4, -0.2) is 34.7 Å². The maximum Gasteiger partial charge on any atom is 0.425 e. The van der Waals surface area contributed by atoms with Crippen LogP contribution in [0.15, 0.2) is 42.6 Å². The maximum atomic E-state index is 13.4. The molecule has 1 aliphatic heterocycles. The number of primary amides is 1. The quantitative estimate of drug-likeness (QED) is 0.717. The van der Waals surface area contributed by atoms with E-state index in [0.717, 1.165) is 0 Å². The first kappa shape index (κ1) is 17.2. The molecule has 0 saturated heterocycles. The minimum atomic E-state index is -4.54. The highest BCUT2D eigenvalue weighted by atomic mass is 19.4. The van der Waals surface area contributed by atoms with Gasteiger partial charge in [-0.1, -0.05) is 12.1 Å². The van der Waals surface area contributed by atoms with Crippen molar-refractivity contribution in [2.45, 2.75) is 18.7 Å². The topological polar surface area (TPSA) is 84.2 Å². The second-order valence-corrected chi connectivity index (χ2v) is 6.20. The molecule has 4 rings (SSSR count). The minimum Gasteiger partial charge on any atom is -0.463 e. The Labute approximate surface area is 151 Å². The summed E-state index contributed by atoms with van der Waals surface area (Å²) >= 11 is 0. The Morgan fingerprint density at radius 1 is 1.26 bits per heavy atom. The van der Waals surface area contributed by atoms with Crippen LogP contribution in [0.1, 0.15) is 16.8 Å². The molecule has 1 unspecified atom stereocenters. The van der Waals surface area contributed by atoms with Crippen LogP contribution in [0.25, 0.3) is 11.0 Å². The van der Waals surface area contributed by atoms with E-state index in [1.807, 2.05) is 0 Å². The van der Waals surface area contributed by atoms with Gasteiger partial charge >= 0.3 is 6.18 Å². The average molecular weight is 376 g/mol. The van der Waals surface area contributed by atoms with E-state index >= 15 is 0 Å². The van der Waals surface area contributed by atoms with Crippen LogP contribution in [-0.2, 0) is 0 Å². The predicted molar refractivity (Wildman–Crippen MR) is 93.1 cm³/mol. The zero-order chi connectivity index (χ0) is 19.2. The van der Waals surface area contributed by atoms with Gasteiger partial charge < -0.3 is 20.4 Å². The number of anilines is 2. The van der Waals surface area contributed by atoms with Gasteiger partial charge in [-0.3, -0.25) is 4.79 Å². The predicted octanol–water partition coefficient (Wildman–Crippen LogP) is 3.51. The lowest BCUT2D eigenvalue weighted by molar-refractivity contribution is -0.195. The number of pyridine rings is 1. The third kappa shape index (κ3) is 3.05.